The Labute approximate surface area is 125 Å². The van der Waals surface area contributed by atoms with Crippen LogP contribution in [0.15, 0.2) is 22.7 Å². The quantitative estimate of drug-likeness (QED) is 0.912. The van der Waals surface area contributed by atoms with Crippen molar-refractivity contribution < 1.29 is 14.0 Å². The molecule has 0 spiro atoms. The molecule has 1 N–H and O–H groups in total. The number of hydrogen-bond donors (Lipinski definition) is 1. The van der Waals surface area contributed by atoms with E-state index in [-0.39, 0.29) is 30.3 Å². The third kappa shape index (κ3) is 3.79. The molecule has 20 heavy (non-hydrogen) atoms. The number of carbonyl (C=O) groups excluding carboxylic acids is 2. The summed E-state index contributed by atoms with van der Waals surface area (Å²) in [5.74, 6) is -0.793. The summed E-state index contributed by atoms with van der Waals surface area (Å²) in [6, 6.07) is 3.93. The van der Waals surface area contributed by atoms with Gasteiger partial charge in [0.2, 0.25) is 5.91 Å². The van der Waals surface area contributed by atoms with Crippen LogP contribution in [0.4, 0.5) is 4.39 Å². The summed E-state index contributed by atoms with van der Waals surface area (Å²) in [5, 5.41) is 2.64. The Morgan fingerprint density at radius 3 is 2.70 bits per heavy atom. The van der Waals surface area contributed by atoms with Crippen molar-refractivity contribution in [3.63, 3.8) is 0 Å². The van der Waals surface area contributed by atoms with Crippen molar-refractivity contribution in [1.82, 2.24) is 10.2 Å². The molecule has 1 heterocycles. The third-order valence-electron chi connectivity index (χ3n) is 3.26. The normalized spacial score (nSPS) is 14.4. The maximum Gasteiger partial charge on any atom is 0.252 e. The minimum atomic E-state index is -0.466. The van der Waals surface area contributed by atoms with Gasteiger partial charge in [0.15, 0.2) is 0 Å². The molecule has 2 rings (SSSR count). The van der Waals surface area contributed by atoms with E-state index >= 15 is 0 Å². The zero-order valence-electron chi connectivity index (χ0n) is 11.0. The highest BCUT2D eigenvalue weighted by atomic mass is 79.9. The number of benzene rings is 1. The van der Waals surface area contributed by atoms with E-state index in [9.17, 15) is 14.0 Å². The first-order valence-electron chi connectivity index (χ1n) is 6.59. The van der Waals surface area contributed by atoms with Gasteiger partial charge in [-0.05, 0) is 47.0 Å². The van der Waals surface area contributed by atoms with Crippen LogP contribution in [0, 0.1) is 5.82 Å². The molecule has 0 saturated carbocycles. The Hall–Kier alpha value is -1.43. The van der Waals surface area contributed by atoms with Gasteiger partial charge in [-0.25, -0.2) is 4.39 Å². The van der Waals surface area contributed by atoms with Crippen LogP contribution in [0.25, 0.3) is 0 Å². The topological polar surface area (TPSA) is 49.4 Å². The highest BCUT2D eigenvalue weighted by molar-refractivity contribution is 9.10. The number of likely N-dealkylation sites (tertiary alicyclic amines) is 1. The van der Waals surface area contributed by atoms with E-state index in [0.29, 0.717) is 4.47 Å². The lowest BCUT2D eigenvalue weighted by atomic mass is 10.2. The largest absolute Gasteiger partial charge is 0.351 e. The standard InChI is InChI=1S/C14H16BrFN2O2/c15-12-4-3-10(16)9-11(12)14(20)17-6-5-13(19)18-7-1-2-8-18/h3-4,9H,1-2,5-8H2,(H,17,20). The van der Waals surface area contributed by atoms with Gasteiger partial charge in [0.25, 0.3) is 5.91 Å². The van der Waals surface area contributed by atoms with Gasteiger partial charge in [-0.15, -0.1) is 0 Å². The first-order chi connectivity index (χ1) is 9.58. The van der Waals surface area contributed by atoms with Crippen LogP contribution in [-0.4, -0.2) is 36.3 Å². The molecule has 0 radical (unpaired) electrons. The van der Waals surface area contributed by atoms with Crippen molar-refractivity contribution in [2.75, 3.05) is 19.6 Å². The van der Waals surface area contributed by atoms with Crippen molar-refractivity contribution >= 4 is 27.7 Å². The van der Waals surface area contributed by atoms with E-state index in [1.165, 1.54) is 18.2 Å². The van der Waals surface area contributed by atoms with Gasteiger partial charge in [0, 0.05) is 30.5 Å². The number of rotatable bonds is 4. The summed E-state index contributed by atoms with van der Waals surface area (Å²) >= 11 is 3.20. The highest BCUT2D eigenvalue weighted by Gasteiger charge is 2.18. The SMILES string of the molecule is O=C(NCCC(=O)N1CCCC1)c1cc(F)ccc1Br. The van der Waals surface area contributed by atoms with Gasteiger partial charge in [0.05, 0.1) is 5.56 Å². The van der Waals surface area contributed by atoms with Gasteiger partial charge in [-0.1, -0.05) is 0 Å². The molecule has 0 bridgehead atoms. The molecule has 0 aliphatic carbocycles. The van der Waals surface area contributed by atoms with E-state index in [2.05, 4.69) is 21.2 Å². The second-order valence-corrected chi connectivity index (χ2v) is 5.57. The molecule has 2 amide bonds. The van der Waals surface area contributed by atoms with Crippen LogP contribution in [0.1, 0.15) is 29.6 Å². The predicted molar refractivity (Wildman–Crippen MR) is 76.9 cm³/mol. The van der Waals surface area contributed by atoms with Gasteiger partial charge in [0.1, 0.15) is 5.82 Å². The van der Waals surface area contributed by atoms with Crippen molar-refractivity contribution in [3.05, 3.63) is 34.1 Å². The summed E-state index contributed by atoms with van der Waals surface area (Å²) in [6.45, 7) is 1.88. The minimum Gasteiger partial charge on any atom is -0.351 e. The lowest BCUT2D eigenvalue weighted by molar-refractivity contribution is -0.129. The van der Waals surface area contributed by atoms with Crippen LogP contribution < -0.4 is 5.32 Å². The van der Waals surface area contributed by atoms with Crippen LogP contribution >= 0.6 is 15.9 Å². The Kier molecular flexibility index (Phi) is 5.11. The van der Waals surface area contributed by atoms with E-state index in [0.717, 1.165) is 25.9 Å². The second-order valence-electron chi connectivity index (χ2n) is 4.72. The molecule has 1 fully saturated rings. The number of hydrogen-bond acceptors (Lipinski definition) is 2. The zero-order chi connectivity index (χ0) is 14.5. The van der Waals surface area contributed by atoms with Crippen LogP contribution in [-0.2, 0) is 4.79 Å². The number of nitrogens with zero attached hydrogens (tertiary/aromatic N) is 1. The summed E-state index contributed by atoms with van der Waals surface area (Å²) in [5.41, 5.74) is 0.235. The number of carbonyl (C=O) groups is 2. The Balaban J connectivity index is 1.83. The van der Waals surface area contributed by atoms with Crippen molar-refractivity contribution in [3.8, 4) is 0 Å². The smallest absolute Gasteiger partial charge is 0.252 e. The summed E-state index contributed by atoms with van der Waals surface area (Å²) < 4.78 is 13.6. The Bertz CT molecular complexity index is 516. The molecule has 6 heteroatoms. The van der Waals surface area contributed by atoms with Crippen LogP contribution in [0.2, 0.25) is 0 Å². The lowest BCUT2D eigenvalue weighted by Gasteiger charge is -2.15. The third-order valence-corrected chi connectivity index (χ3v) is 3.95. The molecule has 0 atom stereocenters. The van der Waals surface area contributed by atoms with Crippen molar-refractivity contribution in [2.24, 2.45) is 0 Å². The second kappa shape index (κ2) is 6.83. The minimum absolute atomic E-state index is 0.0566. The molecular weight excluding hydrogens is 327 g/mol. The summed E-state index contributed by atoms with van der Waals surface area (Å²) in [6.07, 6.45) is 2.38. The van der Waals surface area contributed by atoms with Gasteiger partial charge in [-0.2, -0.15) is 0 Å². The van der Waals surface area contributed by atoms with E-state index in [1.54, 1.807) is 0 Å². The first-order valence-corrected chi connectivity index (χ1v) is 7.38. The number of amides is 2. The molecule has 1 aliphatic rings. The molecule has 1 aromatic carbocycles. The lowest BCUT2D eigenvalue weighted by Crippen LogP contribution is -2.32. The molecule has 0 aromatic heterocycles. The van der Waals surface area contributed by atoms with Gasteiger partial charge >= 0.3 is 0 Å². The van der Waals surface area contributed by atoms with Crippen molar-refractivity contribution in [2.45, 2.75) is 19.3 Å². The molecule has 1 aromatic rings. The van der Waals surface area contributed by atoms with Crippen LogP contribution in [0.3, 0.4) is 0 Å². The maximum atomic E-state index is 13.1. The van der Waals surface area contributed by atoms with E-state index in [4.69, 9.17) is 0 Å². The fraction of sp³-hybridized carbons (Fsp3) is 0.429. The zero-order valence-corrected chi connectivity index (χ0v) is 12.6. The predicted octanol–water partition coefficient (Wildman–Crippen LogP) is 2.33. The number of halogens is 2. The van der Waals surface area contributed by atoms with Crippen LogP contribution in [0.5, 0.6) is 0 Å². The van der Waals surface area contributed by atoms with E-state index < -0.39 is 5.82 Å². The van der Waals surface area contributed by atoms with Crippen molar-refractivity contribution in [1.29, 1.82) is 0 Å². The Morgan fingerprint density at radius 2 is 2.00 bits per heavy atom. The fourth-order valence-corrected chi connectivity index (χ4v) is 2.60. The van der Waals surface area contributed by atoms with E-state index in [1.807, 2.05) is 4.90 Å². The average molecular weight is 343 g/mol. The Morgan fingerprint density at radius 1 is 1.30 bits per heavy atom. The molecule has 4 nitrogen and oxygen atoms in total. The summed E-state index contributed by atoms with van der Waals surface area (Å²) in [4.78, 5) is 25.5. The maximum absolute atomic E-state index is 13.1. The molecule has 0 unspecified atom stereocenters. The monoisotopic (exact) mass is 342 g/mol. The van der Waals surface area contributed by atoms with Gasteiger partial charge < -0.3 is 10.2 Å². The molecular formula is C14H16BrFN2O2. The number of nitrogens with one attached hydrogen (secondary N) is 1. The highest BCUT2D eigenvalue weighted by Crippen LogP contribution is 2.17. The molecule has 1 saturated heterocycles. The summed E-state index contributed by atoms with van der Waals surface area (Å²) in [7, 11) is 0. The molecule has 108 valence electrons. The molecule has 1 aliphatic heterocycles. The first kappa shape index (κ1) is 15.0. The van der Waals surface area contributed by atoms with Gasteiger partial charge in [-0.3, -0.25) is 9.59 Å². The fourth-order valence-electron chi connectivity index (χ4n) is 2.17. The average Bonchev–Trinajstić information content (AvgIpc) is 2.95.